The van der Waals surface area contributed by atoms with E-state index < -0.39 is 16.1 Å². The Morgan fingerprint density at radius 2 is 2.25 bits per heavy atom. The lowest BCUT2D eigenvalue weighted by molar-refractivity contribution is 0.271. The van der Waals surface area contributed by atoms with Crippen molar-refractivity contribution >= 4 is 10.0 Å². The summed E-state index contributed by atoms with van der Waals surface area (Å²) in [5.41, 5.74) is 0.568. The van der Waals surface area contributed by atoms with Gasteiger partial charge in [0.05, 0.1) is 23.8 Å². The largest absolute Gasteiger partial charge is 0.468 e. The minimum Gasteiger partial charge on any atom is -0.468 e. The fourth-order valence-corrected chi connectivity index (χ4v) is 3.27. The predicted molar refractivity (Wildman–Crippen MR) is 73.5 cm³/mol. The van der Waals surface area contributed by atoms with E-state index in [2.05, 4.69) is 4.72 Å². The SMILES string of the molecule is CCn1cc(S(=O)(=O)NC(C)c2ccco2)cc1CO. The molecule has 0 radical (unpaired) electrons. The minimum atomic E-state index is -3.65. The van der Waals surface area contributed by atoms with Crippen molar-refractivity contribution in [3.63, 3.8) is 0 Å². The number of aryl methyl sites for hydroxylation is 1. The summed E-state index contributed by atoms with van der Waals surface area (Å²) in [5.74, 6) is 0.547. The molecule has 1 unspecified atom stereocenters. The molecule has 2 aromatic rings. The molecule has 0 aliphatic heterocycles. The van der Waals surface area contributed by atoms with Crippen LogP contribution in [0.1, 0.15) is 31.3 Å². The zero-order valence-electron chi connectivity index (χ0n) is 11.4. The van der Waals surface area contributed by atoms with Crippen LogP contribution in [-0.2, 0) is 23.2 Å². The third-order valence-corrected chi connectivity index (χ3v) is 4.58. The third-order valence-electron chi connectivity index (χ3n) is 3.08. The maximum atomic E-state index is 12.3. The molecule has 7 heteroatoms. The van der Waals surface area contributed by atoms with Crippen LogP contribution in [0.4, 0.5) is 0 Å². The molecule has 0 aromatic carbocycles. The first-order valence-corrected chi connectivity index (χ1v) is 7.82. The van der Waals surface area contributed by atoms with E-state index in [9.17, 15) is 13.5 Å². The molecular formula is C13H18N2O4S. The lowest BCUT2D eigenvalue weighted by Gasteiger charge is -2.10. The van der Waals surface area contributed by atoms with E-state index in [-0.39, 0.29) is 11.5 Å². The maximum Gasteiger partial charge on any atom is 0.242 e. The highest BCUT2D eigenvalue weighted by Crippen LogP contribution is 2.19. The van der Waals surface area contributed by atoms with E-state index in [0.717, 1.165) is 0 Å². The molecule has 0 aliphatic rings. The summed E-state index contributed by atoms with van der Waals surface area (Å²) < 4.78 is 34.0. The van der Waals surface area contributed by atoms with Crippen molar-refractivity contribution in [3.05, 3.63) is 42.1 Å². The summed E-state index contributed by atoms with van der Waals surface area (Å²) >= 11 is 0. The summed E-state index contributed by atoms with van der Waals surface area (Å²) in [6.07, 6.45) is 3.01. The molecule has 0 bridgehead atoms. The summed E-state index contributed by atoms with van der Waals surface area (Å²) in [6.45, 7) is 3.99. The molecule has 1 atom stereocenters. The first-order valence-electron chi connectivity index (χ1n) is 6.33. The van der Waals surface area contributed by atoms with Crippen LogP contribution in [0.5, 0.6) is 0 Å². The van der Waals surface area contributed by atoms with E-state index in [0.29, 0.717) is 18.0 Å². The van der Waals surface area contributed by atoms with Crippen molar-refractivity contribution in [3.8, 4) is 0 Å². The van der Waals surface area contributed by atoms with Crippen LogP contribution in [0, 0.1) is 0 Å². The highest BCUT2D eigenvalue weighted by molar-refractivity contribution is 7.89. The molecule has 2 heterocycles. The average molecular weight is 298 g/mol. The molecule has 2 aromatic heterocycles. The minimum absolute atomic E-state index is 0.141. The normalized spacial score (nSPS) is 13.6. The molecule has 0 amide bonds. The fraction of sp³-hybridized carbons (Fsp3) is 0.385. The molecule has 2 rings (SSSR count). The van der Waals surface area contributed by atoms with Gasteiger partial charge < -0.3 is 14.1 Å². The van der Waals surface area contributed by atoms with Crippen molar-refractivity contribution in [2.24, 2.45) is 0 Å². The number of nitrogens with zero attached hydrogens (tertiary/aromatic N) is 1. The van der Waals surface area contributed by atoms with Gasteiger partial charge in [-0.1, -0.05) is 0 Å². The lowest BCUT2D eigenvalue weighted by atomic mass is 10.3. The first-order chi connectivity index (χ1) is 9.47. The molecule has 0 saturated heterocycles. The number of aromatic nitrogens is 1. The fourth-order valence-electron chi connectivity index (χ4n) is 2.00. The molecular weight excluding hydrogens is 280 g/mol. The van der Waals surface area contributed by atoms with Crippen molar-refractivity contribution in [2.75, 3.05) is 0 Å². The Morgan fingerprint density at radius 1 is 1.50 bits per heavy atom. The number of sulfonamides is 1. The molecule has 0 saturated carbocycles. The lowest BCUT2D eigenvalue weighted by Crippen LogP contribution is -2.26. The van der Waals surface area contributed by atoms with Gasteiger partial charge in [-0.3, -0.25) is 0 Å². The standard InChI is InChI=1S/C13H18N2O4S/c1-3-15-8-12(7-11(15)9-16)20(17,18)14-10(2)13-5-4-6-19-13/h4-8,10,14,16H,3,9H2,1-2H3. The van der Waals surface area contributed by atoms with Crippen LogP contribution in [-0.4, -0.2) is 18.1 Å². The molecule has 0 aliphatic carbocycles. The zero-order valence-corrected chi connectivity index (χ0v) is 12.2. The van der Waals surface area contributed by atoms with Crippen LogP contribution in [0.2, 0.25) is 0 Å². The van der Waals surface area contributed by atoms with Gasteiger partial charge in [0.1, 0.15) is 5.76 Å². The smallest absolute Gasteiger partial charge is 0.242 e. The third kappa shape index (κ3) is 2.95. The second-order valence-corrected chi connectivity index (χ2v) is 6.18. The topological polar surface area (TPSA) is 84.5 Å². The van der Waals surface area contributed by atoms with Crippen molar-refractivity contribution in [1.29, 1.82) is 0 Å². The Labute approximate surface area is 118 Å². The second-order valence-electron chi connectivity index (χ2n) is 4.47. The van der Waals surface area contributed by atoms with E-state index >= 15 is 0 Å². The van der Waals surface area contributed by atoms with Crippen LogP contribution < -0.4 is 4.72 Å². The van der Waals surface area contributed by atoms with Crippen LogP contribution >= 0.6 is 0 Å². The van der Waals surface area contributed by atoms with Crippen molar-refractivity contribution < 1.29 is 17.9 Å². The summed E-state index contributed by atoms with van der Waals surface area (Å²) in [7, 11) is -3.65. The summed E-state index contributed by atoms with van der Waals surface area (Å²) in [6, 6.07) is 4.43. The van der Waals surface area contributed by atoms with Gasteiger partial charge in [0.15, 0.2) is 0 Å². The number of aliphatic hydroxyl groups is 1. The number of nitrogens with one attached hydrogen (secondary N) is 1. The summed E-state index contributed by atoms with van der Waals surface area (Å²) in [5, 5.41) is 9.21. The number of rotatable bonds is 6. The van der Waals surface area contributed by atoms with Gasteiger partial charge >= 0.3 is 0 Å². The Bertz CT molecular complexity index is 637. The van der Waals surface area contributed by atoms with Gasteiger partial charge in [-0.15, -0.1) is 0 Å². The van der Waals surface area contributed by atoms with Gasteiger partial charge in [-0.05, 0) is 32.0 Å². The average Bonchev–Trinajstić information content (AvgIpc) is 3.07. The van der Waals surface area contributed by atoms with Gasteiger partial charge in [0.2, 0.25) is 10.0 Å². The zero-order chi connectivity index (χ0) is 14.8. The molecule has 6 nitrogen and oxygen atoms in total. The van der Waals surface area contributed by atoms with Crippen LogP contribution in [0.3, 0.4) is 0 Å². The van der Waals surface area contributed by atoms with Gasteiger partial charge in [0.25, 0.3) is 0 Å². The van der Waals surface area contributed by atoms with Gasteiger partial charge in [-0.2, -0.15) is 0 Å². The number of furan rings is 1. The quantitative estimate of drug-likeness (QED) is 0.849. The monoisotopic (exact) mass is 298 g/mol. The number of hydrogen-bond donors (Lipinski definition) is 2. The molecule has 0 spiro atoms. The molecule has 110 valence electrons. The summed E-state index contributed by atoms with van der Waals surface area (Å²) in [4.78, 5) is 0.141. The molecule has 20 heavy (non-hydrogen) atoms. The number of aliphatic hydroxyl groups excluding tert-OH is 1. The predicted octanol–water partition coefficient (Wildman–Crippen LogP) is 1.63. The van der Waals surface area contributed by atoms with E-state index in [1.165, 1.54) is 18.5 Å². The Hall–Kier alpha value is -1.57. The highest BCUT2D eigenvalue weighted by atomic mass is 32.2. The van der Waals surface area contributed by atoms with Crippen LogP contribution in [0.25, 0.3) is 0 Å². The molecule has 2 N–H and O–H groups in total. The Balaban J connectivity index is 2.24. The Kier molecular flexibility index (Phi) is 4.32. The van der Waals surface area contributed by atoms with E-state index in [1.807, 2.05) is 6.92 Å². The van der Waals surface area contributed by atoms with Crippen LogP contribution in [0.15, 0.2) is 40.0 Å². The highest BCUT2D eigenvalue weighted by Gasteiger charge is 2.22. The second kappa shape index (κ2) is 5.82. The first kappa shape index (κ1) is 14.8. The van der Waals surface area contributed by atoms with E-state index in [1.54, 1.807) is 23.6 Å². The maximum absolute atomic E-state index is 12.3. The van der Waals surface area contributed by atoms with E-state index in [4.69, 9.17) is 4.42 Å². The Morgan fingerprint density at radius 3 is 2.75 bits per heavy atom. The van der Waals surface area contributed by atoms with Crippen molar-refractivity contribution in [1.82, 2.24) is 9.29 Å². The number of hydrogen-bond acceptors (Lipinski definition) is 4. The molecule has 0 fully saturated rings. The van der Waals surface area contributed by atoms with Gasteiger partial charge in [-0.25, -0.2) is 13.1 Å². The van der Waals surface area contributed by atoms with Gasteiger partial charge in [0, 0.05) is 18.4 Å². The van der Waals surface area contributed by atoms with Crippen molar-refractivity contribution in [2.45, 2.75) is 37.9 Å².